The van der Waals surface area contributed by atoms with Crippen LogP contribution in [-0.2, 0) is 6.42 Å². The van der Waals surface area contributed by atoms with Gasteiger partial charge in [-0.15, -0.1) is 6.58 Å². The van der Waals surface area contributed by atoms with Gasteiger partial charge in [0.1, 0.15) is 0 Å². The summed E-state index contributed by atoms with van der Waals surface area (Å²) in [6.45, 7) is 3.54. The van der Waals surface area contributed by atoms with Crippen molar-refractivity contribution in [2.45, 2.75) is 18.9 Å². The summed E-state index contributed by atoms with van der Waals surface area (Å²) in [7, 11) is 0. The van der Waals surface area contributed by atoms with Crippen molar-refractivity contribution in [2.75, 3.05) is 0 Å². The first kappa shape index (κ1) is 10.7. The Hall–Kier alpha value is -0.350. The van der Waals surface area contributed by atoms with Gasteiger partial charge in [0, 0.05) is 3.57 Å². The molecule has 1 atom stereocenters. The first-order valence-electron chi connectivity index (χ1n) is 4.27. The normalized spacial score (nSPS) is 12.5. The van der Waals surface area contributed by atoms with Crippen molar-refractivity contribution in [3.63, 3.8) is 0 Å². The van der Waals surface area contributed by atoms with E-state index in [-0.39, 0.29) is 6.10 Å². The number of benzene rings is 1. The van der Waals surface area contributed by atoms with Crippen LogP contribution < -0.4 is 0 Å². The number of aliphatic hydroxyl groups is 1. The standard InChI is InChI=1S/C11H13IO/c1-2-11(13)7-6-9-4-3-5-10(12)8-9/h2-5,8,11,13H,1,6-7H2. The third kappa shape index (κ3) is 3.91. The molecule has 0 radical (unpaired) electrons. The number of aryl methyl sites for hydroxylation is 1. The Labute approximate surface area is 92.6 Å². The molecule has 2 heteroatoms. The molecule has 1 rings (SSSR count). The highest BCUT2D eigenvalue weighted by atomic mass is 127. The lowest BCUT2D eigenvalue weighted by molar-refractivity contribution is 0.213. The van der Waals surface area contributed by atoms with Crippen LogP contribution >= 0.6 is 22.6 Å². The Morgan fingerprint density at radius 2 is 2.31 bits per heavy atom. The summed E-state index contributed by atoms with van der Waals surface area (Å²) in [5.41, 5.74) is 1.27. The zero-order valence-corrected chi connectivity index (χ0v) is 9.57. The molecule has 0 bridgehead atoms. The van der Waals surface area contributed by atoms with Crippen LogP contribution in [0.4, 0.5) is 0 Å². The quantitative estimate of drug-likeness (QED) is 0.667. The fourth-order valence-corrected chi connectivity index (χ4v) is 1.73. The van der Waals surface area contributed by atoms with Gasteiger partial charge in [0.15, 0.2) is 0 Å². The van der Waals surface area contributed by atoms with Gasteiger partial charge in [-0.05, 0) is 53.1 Å². The molecule has 0 heterocycles. The van der Waals surface area contributed by atoms with Crippen LogP contribution in [-0.4, -0.2) is 11.2 Å². The number of aliphatic hydroxyl groups excluding tert-OH is 1. The van der Waals surface area contributed by atoms with Gasteiger partial charge in [-0.2, -0.15) is 0 Å². The van der Waals surface area contributed by atoms with Gasteiger partial charge >= 0.3 is 0 Å². The Bertz CT molecular complexity index is 283. The monoisotopic (exact) mass is 288 g/mol. The first-order chi connectivity index (χ1) is 6.22. The molecule has 0 amide bonds. The smallest absolute Gasteiger partial charge is 0.0721 e. The fourth-order valence-electron chi connectivity index (χ4n) is 1.12. The van der Waals surface area contributed by atoms with E-state index in [9.17, 15) is 5.11 Å². The van der Waals surface area contributed by atoms with E-state index in [1.54, 1.807) is 6.08 Å². The summed E-state index contributed by atoms with van der Waals surface area (Å²) in [5.74, 6) is 0. The fraction of sp³-hybridized carbons (Fsp3) is 0.273. The van der Waals surface area contributed by atoms with Crippen LogP contribution in [0, 0.1) is 3.57 Å². The van der Waals surface area contributed by atoms with Gasteiger partial charge in [-0.3, -0.25) is 0 Å². The highest BCUT2D eigenvalue weighted by Crippen LogP contribution is 2.10. The lowest BCUT2D eigenvalue weighted by Gasteiger charge is -2.04. The first-order valence-corrected chi connectivity index (χ1v) is 5.35. The van der Waals surface area contributed by atoms with E-state index >= 15 is 0 Å². The van der Waals surface area contributed by atoms with Gasteiger partial charge in [0.25, 0.3) is 0 Å². The molecule has 13 heavy (non-hydrogen) atoms. The molecular formula is C11H13IO. The second kappa shape index (κ2) is 5.40. The van der Waals surface area contributed by atoms with Gasteiger partial charge in [0.05, 0.1) is 6.10 Å². The van der Waals surface area contributed by atoms with E-state index in [2.05, 4.69) is 47.4 Å². The maximum Gasteiger partial charge on any atom is 0.0721 e. The average molecular weight is 288 g/mol. The summed E-state index contributed by atoms with van der Waals surface area (Å²) >= 11 is 2.29. The topological polar surface area (TPSA) is 20.2 Å². The molecule has 0 saturated heterocycles. The van der Waals surface area contributed by atoms with E-state index in [0.29, 0.717) is 0 Å². The summed E-state index contributed by atoms with van der Waals surface area (Å²) in [5, 5.41) is 9.27. The summed E-state index contributed by atoms with van der Waals surface area (Å²) in [6.07, 6.45) is 2.86. The average Bonchev–Trinajstić information content (AvgIpc) is 2.14. The molecule has 70 valence electrons. The molecule has 0 aliphatic carbocycles. The number of halogens is 1. The summed E-state index contributed by atoms with van der Waals surface area (Å²) in [6, 6.07) is 8.32. The predicted molar refractivity (Wildman–Crippen MR) is 63.7 cm³/mol. The largest absolute Gasteiger partial charge is 0.389 e. The number of rotatable bonds is 4. The molecule has 1 nitrogen and oxygen atoms in total. The molecule has 1 aromatic rings. The minimum absolute atomic E-state index is 0.377. The van der Waals surface area contributed by atoms with Crippen LogP contribution in [0.25, 0.3) is 0 Å². The molecule has 0 aliphatic heterocycles. The third-order valence-electron chi connectivity index (χ3n) is 1.89. The van der Waals surface area contributed by atoms with Crippen molar-refractivity contribution in [3.05, 3.63) is 46.1 Å². The second-order valence-corrected chi connectivity index (χ2v) is 4.22. The SMILES string of the molecule is C=CC(O)CCc1cccc(I)c1. The molecule has 0 saturated carbocycles. The second-order valence-electron chi connectivity index (χ2n) is 2.97. The van der Waals surface area contributed by atoms with Gasteiger partial charge in [-0.25, -0.2) is 0 Å². The lowest BCUT2D eigenvalue weighted by atomic mass is 10.1. The molecule has 0 fully saturated rings. The van der Waals surface area contributed by atoms with E-state index < -0.39 is 0 Å². The Morgan fingerprint density at radius 3 is 2.92 bits per heavy atom. The van der Waals surface area contributed by atoms with E-state index in [1.165, 1.54) is 9.13 Å². The maximum absolute atomic E-state index is 9.27. The van der Waals surface area contributed by atoms with Crippen LogP contribution in [0.1, 0.15) is 12.0 Å². The van der Waals surface area contributed by atoms with Crippen molar-refractivity contribution in [1.82, 2.24) is 0 Å². The van der Waals surface area contributed by atoms with Crippen LogP contribution in [0.5, 0.6) is 0 Å². The molecule has 1 N–H and O–H groups in total. The van der Waals surface area contributed by atoms with Gasteiger partial charge in [-0.1, -0.05) is 18.2 Å². The Kier molecular flexibility index (Phi) is 4.45. The van der Waals surface area contributed by atoms with Crippen molar-refractivity contribution in [3.8, 4) is 0 Å². The van der Waals surface area contributed by atoms with Crippen LogP contribution in [0.2, 0.25) is 0 Å². The van der Waals surface area contributed by atoms with Crippen molar-refractivity contribution in [1.29, 1.82) is 0 Å². The van der Waals surface area contributed by atoms with E-state index in [4.69, 9.17) is 0 Å². The molecule has 1 unspecified atom stereocenters. The lowest BCUT2D eigenvalue weighted by Crippen LogP contribution is -2.03. The molecule has 0 aliphatic rings. The zero-order chi connectivity index (χ0) is 9.68. The molecule has 0 aromatic heterocycles. The van der Waals surface area contributed by atoms with Crippen molar-refractivity contribution < 1.29 is 5.11 Å². The van der Waals surface area contributed by atoms with Crippen molar-refractivity contribution in [2.24, 2.45) is 0 Å². The maximum atomic E-state index is 9.27. The van der Waals surface area contributed by atoms with Gasteiger partial charge < -0.3 is 5.11 Å². The summed E-state index contributed by atoms with van der Waals surface area (Å²) < 4.78 is 1.24. The Morgan fingerprint density at radius 1 is 1.54 bits per heavy atom. The minimum atomic E-state index is -0.377. The van der Waals surface area contributed by atoms with Gasteiger partial charge in [0.2, 0.25) is 0 Å². The third-order valence-corrected chi connectivity index (χ3v) is 2.56. The molecule has 0 spiro atoms. The Balaban J connectivity index is 2.49. The highest BCUT2D eigenvalue weighted by molar-refractivity contribution is 14.1. The summed E-state index contributed by atoms with van der Waals surface area (Å²) in [4.78, 5) is 0. The van der Waals surface area contributed by atoms with Crippen LogP contribution in [0.3, 0.4) is 0 Å². The zero-order valence-electron chi connectivity index (χ0n) is 7.41. The van der Waals surface area contributed by atoms with E-state index in [0.717, 1.165) is 12.8 Å². The number of hydrogen-bond donors (Lipinski definition) is 1. The van der Waals surface area contributed by atoms with Crippen LogP contribution in [0.15, 0.2) is 36.9 Å². The van der Waals surface area contributed by atoms with Crippen molar-refractivity contribution >= 4 is 22.6 Å². The molecule has 1 aromatic carbocycles. The van der Waals surface area contributed by atoms with E-state index in [1.807, 2.05) is 6.07 Å². The minimum Gasteiger partial charge on any atom is -0.389 e. The highest BCUT2D eigenvalue weighted by Gasteiger charge is 1.99. The number of hydrogen-bond acceptors (Lipinski definition) is 1. The predicted octanol–water partition coefficient (Wildman–Crippen LogP) is 2.77. The molecular weight excluding hydrogens is 275 g/mol.